The quantitative estimate of drug-likeness (QED) is 0.621. The average Bonchev–Trinajstić information content (AvgIpc) is 3.14. The van der Waals surface area contributed by atoms with E-state index in [-0.39, 0.29) is 29.0 Å². The van der Waals surface area contributed by atoms with Gasteiger partial charge in [-0.3, -0.25) is 13.9 Å². The molecule has 0 saturated carbocycles. The summed E-state index contributed by atoms with van der Waals surface area (Å²) in [6.45, 7) is 0.119. The maximum absolute atomic E-state index is 12.6. The van der Waals surface area contributed by atoms with Crippen LogP contribution in [0.1, 0.15) is 29.8 Å². The predicted molar refractivity (Wildman–Crippen MR) is 109 cm³/mol. The van der Waals surface area contributed by atoms with E-state index in [1.165, 1.54) is 24.2 Å². The van der Waals surface area contributed by atoms with Crippen LogP contribution in [-0.2, 0) is 43.4 Å². The number of rotatable bonds is 5. The van der Waals surface area contributed by atoms with Crippen molar-refractivity contribution in [1.29, 1.82) is 0 Å². The molecule has 10 heteroatoms. The van der Waals surface area contributed by atoms with Crippen molar-refractivity contribution in [2.24, 2.45) is 14.1 Å². The third kappa shape index (κ3) is 3.53. The number of aromatic nitrogens is 4. The van der Waals surface area contributed by atoms with Gasteiger partial charge in [-0.2, -0.15) is 0 Å². The Morgan fingerprint density at radius 1 is 1.10 bits per heavy atom. The Morgan fingerprint density at radius 3 is 2.59 bits per heavy atom. The van der Waals surface area contributed by atoms with Crippen LogP contribution in [0.15, 0.2) is 32.7 Å². The monoisotopic (exact) mass is 417 g/mol. The van der Waals surface area contributed by atoms with Crippen LogP contribution in [0.4, 0.5) is 0 Å². The molecule has 2 N–H and O–H groups in total. The van der Waals surface area contributed by atoms with Crippen LogP contribution in [0.2, 0.25) is 0 Å². The summed E-state index contributed by atoms with van der Waals surface area (Å²) in [5.41, 5.74) is 1.88. The van der Waals surface area contributed by atoms with E-state index in [2.05, 4.69) is 14.7 Å². The molecular formula is C19H23N5O4S. The van der Waals surface area contributed by atoms with Crippen molar-refractivity contribution < 1.29 is 8.42 Å². The van der Waals surface area contributed by atoms with E-state index in [4.69, 9.17) is 0 Å². The Hall–Kier alpha value is -2.72. The second-order valence-electron chi connectivity index (χ2n) is 7.37. The average molecular weight is 417 g/mol. The van der Waals surface area contributed by atoms with E-state index in [1.54, 1.807) is 12.1 Å². The van der Waals surface area contributed by atoms with Gasteiger partial charge in [0.25, 0.3) is 5.56 Å². The van der Waals surface area contributed by atoms with Crippen molar-refractivity contribution in [3.8, 4) is 0 Å². The fourth-order valence-corrected chi connectivity index (χ4v) is 4.84. The Morgan fingerprint density at radius 2 is 1.83 bits per heavy atom. The first-order chi connectivity index (χ1) is 13.8. The first-order valence-corrected chi connectivity index (χ1v) is 11.0. The van der Waals surface area contributed by atoms with Gasteiger partial charge in [-0.05, 0) is 48.9 Å². The van der Waals surface area contributed by atoms with E-state index in [0.717, 1.165) is 35.8 Å². The zero-order valence-electron chi connectivity index (χ0n) is 16.4. The summed E-state index contributed by atoms with van der Waals surface area (Å²) in [6.07, 6.45) is 4.39. The lowest BCUT2D eigenvalue weighted by atomic mass is 9.92. The number of H-pyrrole nitrogens is 1. The lowest BCUT2D eigenvalue weighted by Crippen LogP contribution is -2.36. The number of nitrogens with one attached hydrogen (secondary N) is 2. The Labute approximate surface area is 167 Å². The molecule has 1 aromatic carbocycles. The number of aryl methyl sites for hydroxylation is 3. The predicted octanol–water partition coefficient (Wildman–Crippen LogP) is 0.360. The minimum absolute atomic E-state index is 0.119. The van der Waals surface area contributed by atoms with E-state index in [0.29, 0.717) is 5.82 Å². The Bertz CT molecular complexity index is 1320. The molecule has 2 aromatic heterocycles. The molecule has 2 heterocycles. The molecule has 1 aliphatic carbocycles. The first-order valence-electron chi connectivity index (χ1n) is 9.54. The second kappa shape index (κ2) is 7.27. The van der Waals surface area contributed by atoms with Crippen LogP contribution in [0.25, 0.3) is 11.2 Å². The molecular weight excluding hydrogens is 394 g/mol. The number of aromatic amines is 1. The maximum Gasteiger partial charge on any atom is 0.332 e. The van der Waals surface area contributed by atoms with Crippen LogP contribution in [0, 0.1) is 0 Å². The maximum atomic E-state index is 12.6. The molecule has 0 spiro atoms. The highest BCUT2D eigenvalue weighted by Crippen LogP contribution is 2.24. The fourth-order valence-electron chi connectivity index (χ4n) is 3.76. The highest BCUT2D eigenvalue weighted by atomic mass is 32.2. The third-order valence-corrected chi connectivity index (χ3v) is 6.89. The van der Waals surface area contributed by atoms with Crippen molar-refractivity contribution >= 4 is 21.2 Å². The first kappa shape index (κ1) is 19.6. The summed E-state index contributed by atoms with van der Waals surface area (Å²) in [4.78, 5) is 31.7. The number of sulfonamides is 1. The lowest BCUT2D eigenvalue weighted by molar-refractivity contribution is 0.580. The minimum atomic E-state index is -3.64. The van der Waals surface area contributed by atoms with Crippen molar-refractivity contribution in [3.05, 3.63) is 56.0 Å². The van der Waals surface area contributed by atoms with Crippen LogP contribution >= 0.6 is 0 Å². The molecule has 0 radical (unpaired) electrons. The van der Waals surface area contributed by atoms with Gasteiger partial charge in [-0.15, -0.1) is 0 Å². The van der Waals surface area contributed by atoms with E-state index >= 15 is 0 Å². The molecule has 4 rings (SSSR count). The van der Waals surface area contributed by atoms with Gasteiger partial charge in [0.15, 0.2) is 5.65 Å². The summed E-state index contributed by atoms with van der Waals surface area (Å²) >= 11 is 0. The molecule has 0 saturated heterocycles. The molecule has 154 valence electrons. The van der Waals surface area contributed by atoms with Gasteiger partial charge in [-0.25, -0.2) is 22.9 Å². The largest absolute Gasteiger partial charge is 0.336 e. The molecule has 0 fully saturated rings. The van der Waals surface area contributed by atoms with Crippen LogP contribution < -0.4 is 16.0 Å². The molecule has 0 amide bonds. The van der Waals surface area contributed by atoms with Crippen molar-refractivity contribution in [1.82, 2.24) is 23.8 Å². The zero-order chi connectivity index (χ0) is 20.8. The second-order valence-corrected chi connectivity index (χ2v) is 9.14. The number of nitrogens with zero attached hydrogens (tertiary/aromatic N) is 3. The van der Waals surface area contributed by atoms with Gasteiger partial charge in [0, 0.05) is 27.1 Å². The molecule has 3 aromatic rings. The van der Waals surface area contributed by atoms with Crippen molar-refractivity contribution in [2.45, 2.75) is 37.0 Å². The van der Waals surface area contributed by atoms with Gasteiger partial charge in [-0.1, -0.05) is 6.07 Å². The minimum Gasteiger partial charge on any atom is -0.336 e. The topological polar surface area (TPSA) is 119 Å². The SMILES string of the molecule is Cn1c(=O)c2[nH]c(CCNS(=O)(=O)c3ccc4c(c3)CCCC4)nc2n(C)c1=O. The fraction of sp³-hybridized carbons (Fsp3) is 0.421. The molecule has 0 unspecified atom stereocenters. The van der Waals surface area contributed by atoms with Gasteiger partial charge in [0.2, 0.25) is 10.0 Å². The zero-order valence-corrected chi connectivity index (χ0v) is 17.2. The summed E-state index contributed by atoms with van der Waals surface area (Å²) in [5.74, 6) is 0.437. The molecule has 1 aliphatic rings. The van der Waals surface area contributed by atoms with Gasteiger partial charge < -0.3 is 4.98 Å². The number of fused-ring (bicyclic) bond motifs is 2. The molecule has 9 nitrogen and oxygen atoms in total. The third-order valence-electron chi connectivity index (χ3n) is 5.43. The summed E-state index contributed by atoms with van der Waals surface area (Å²) in [7, 11) is -0.701. The van der Waals surface area contributed by atoms with Crippen LogP contribution in [-0.4, -0.2) is 34.1 Å². The lowest BCUT2D eigenvalue weighted by Gasteiger charge is -2.16. The molecule has 0 atom stereocenters. The van der Waals surface area contributed by atoms with Crippen molar-refractivity contribution in [3.63, 3.8) is 0 Å². The number of imidazole rings is 1. The standard InChI is InChI=1S/C19H23N5O4S/c1-23-17-16(18(25)24(2)19(23)26)21-15(22-17)9-10-20-29(27,28)14-8-7-12-5-3-4-6-13(12)11-14/h7-8,11,20H,3-6,9-10H2,1-2H3,(H,21,22). The summed E-state index contributed by atoms with van der Waals surface area (Å²) < 4.78 is 30.2. The van der Waals surface area contributed by atoms with Crippen LogP contribution in [0.3, 0.4) is 0 Å². The highest BCUT2D eigenvalue weighted by Gasteiger charge is 2.18. The summed E-state index contributed by atoms with van der Waals surface area (Å²) in [5, 5.41) is 0. The van der Waals surface area contributed by atoms with Gasteiger partial charge >= 0.3 is 5.69 Å². The van der Waals surface area contributed by atoms with Gasteiger partial charge in [0.05, 0.1) is 4.90 Å². The number of hydrogen-bond acceptors (Lipinski definition) is 5. The van der Waals surface area contributed by atoms with E-state index in [1.807, 2.05) is 6.07 Å². The molecule has 0 aliphatic heterocycles. The number of benzene rings is 1. The summed E-state index contributed by atoms with van der Waals surface area (Å²) in [6, 6.07) is 5.31. The van der Waals surface area contributed by atoms with Gasteiger partial charge in [0.1, 0.15) is 11.3 Å². The van der Waals surface area contributed by atoms with Crippen molar-refractivity contribution in [2.75, 3.05) is 6.54 Å². The Balaban J connectivity index is 1.51. The molecule has 0 bridgehead atoms. The smallest absolute Gasteiger partial charge is 0.332 e. The Kier molecular flexibility index (Phi) is 4.91. The normalized spacial score (nSPS) is 14.3. The van der Waals surface area contributed by atoms with E-state index < -0.39 is 21.3 Å². The van der Waals surface area contributed by atoms with E-state index in [9.17, 15) is 18.0 Å². The number of hydrogen-bond donors (Lipinski definition) is 2. The van der Waals surface area contributed by atoms with Crippen LogP contribution in [0.5, 0.6) is 0 Å². The molecule has 29 heavy (non-hydrogen) atoms. The highest BCUT2D eigenvalue weighted by molar-refractivity contribution is 7.89.